The van der Waals surface area contributed by atoms with Crippen LogP contribution in [-0.2, 0) is 14.6 Å². The first-order chi connectivity index (χ1) is 9.28. The minimum Gasteiger partial charge on any atom is -0.296 e. The number of halogens is 3. The van der Waals surface area contributed by atoms with E-state index in [0.717, 1.165) is 0 Å². The van der Waals surface area contributed by atoms with Crippen LogP contribution in [0.1, 0.15) is 6.42 Å². The average molecular weight is 358 g/mol. The highest BCUT2D eigenvalue weighted by molar-refractivity contribution is 7.91. The van der Waals surface area contributed by atoms with Crippen LogP contribution in [0.15, 0.2) is 12.1 Å². The fourth-order valence-corrected chi connectivity index (χ4v) is 4.54. The van der Waals surface area contributed by atoms with E-state index in [1.807, 2.05) is 0 Å². The highest BCUT2D eigenvalue weighted by Gasteiger charge is 2.33. The van der Waals surface area contributed by atoms with Crippen molar-refractivity contribution in [3.05, 3.63) is 27.2 Å². The van der Waals surface area contributed by atoms with Crippen LogP contribution >= 0.6 is 34.8 Å². The number of rotatable bonds is 3. The molecule has 9 heteroatoms. The monoisotopic (exact) mass is 356 g/mol. The van der Waals surface area contributed by atoms with Gasteiger partial charge in [0.25, 0.3) is 0 Å². The first kappa shape index (κ1) is 15.7. The van der Waals surface area contributed by atoms with Crippen molar-refractivity contribution in [1.82, 2.24) is 5.43 Å². The van der Waals surface area contributed by atoms with Gasteiger partial charge >= 0.3 is 0 Å². The lowest BCUT2D eigenvalue weighted by molar-refractivity contribution is -0.123. The molecule has 20 heavy (non-hydrogen) atoms. The van der Waals surface area contributed by atoms with Crippen LogP contribution in [0.2, 0.25) is 15.1 Å². The lowest BCUT2D eigenvalue weighted by Crippen LogP contribution is -2.35. The SMILES string of the molecule is O=C(NNc1c(Cl)cc(Cl)cc1Cl)C1CCS(=O)(=O)C1. The molecule has 1 saturated heterocycles. The molecule has 0 bridgehead atoms. The number of anilines is 1. The zero-order valence-corrected chi connectivity index (χ0v) is 13.2. The van der Waals surface area contributed by atoms with E-state index >= 15 is 0 Å². The minimum atomic E-state index is -3.10. The number of hydrazine groups is 1. The summed E-state index contributed by atoms with van der Waals surface area (Å²) in [6.07, 6.45) is 0.317. The quantitative estimate of drug-likeness (QED) is 0.815. The van der Waals surface area contributed by atoms with Gasteiger partial charge in [-0.25, -0.2) is 8.42 Å². The summed E-state index contributed by atoms with van der Waals surface area (Å²) in [6, 6.07) is 2.95. The summed E-state index contributed by atoms with van der Waals surface area (Å²) in [4.78, 5) is 11.8. The van der Waals surface area contributed by atoms with Gasteiger partial charge in [-0.1, -0.05) is 34.8 Å². The zero-order chi connectivity index (χ0) is 14.9. The molecule has 2 rings (SSSR count). The van der Waals surface area contributed by atoms with Gasteiger partial charge in [0.2, 0.25) is 5.91 Å². The number of carbonyl (C=O) groups excluding carboxylic acids is 1. The molecule has 0 aromatic heterocycles. The molecule has 0 radical (unpaired) electrons. The molecule has 0 spiro atoms. The smallest absolute Gasteiger partial charge is 0.242 e. The normalized spacial score (nSPS) is 20.6. The molecule has 5 nitrogen and oxygen atoms in total. The van der Waals surface area contributed by atoms with Crippen molar-refractivity contribution in [2.45, 2.75) is 6.42 Å². The van der Waals surface area contributed by atoms with Crippen LogP contribution in [0.4, 0.5) is 5.69 Å². The van der Waals surface area contributed by atoms with Gasteiger partial charge in [-0.3, -0.25) is 15.6 Å². The molecular weight excluding hydrogens is 347 g/mol. The standard InChI is InChI=1S/C11H11Cl3N2O3S/c12-7-3-8(13)10(9(14)4-7)15-16-11(17)6-1-2-20(18,19)5-6/h3-4,6,15H,1-2,5H2,(H,16,17). The molecular formula is C11H11Cl3N2O3S. The van der Waals surface area contributed by atoms with E-state index in [9.17, 15) is 13.2 Å². The van der Waals surface area contributed by atoms with Crippen LogP contribution in [-0.4, -0.2) is 25.8 Å². The molecule has 0 aliphatic carbocycles. The molecule has 110 valence electrons. The molecule has 0 saturated carbocycles. The van der Waals surface area contributed by atoms with Gasteiger partial charge in [-0.05, 0) is 18.6 Å². The Morgan fingerprint density at radius 2 is 1.80 bits per heavy atom. The molecule has 1 aromatic carbocycles. The third-order valence-corrected chi connectivity index (χ3v) is 5.50. The van der Waals surface area contributed by atoms with Crippen molar-refractivity contribution < 1.29 is 13.2 Å². The minimum absolute atomic E-state index is 0.0353. The lowest BCUT2D eigenvalue weighted by atomic mass is 10.1. The number of carbonyl (C=O) groups is 1. The number of hydrogen-bond acceptors (Lipinski definition) is 4. The summed E-state index contributed by atoms with van der Waals surface area (Å²) in [6.45, 7) is 0. The molecule has 1 aliphatic heterocycles. The second-order valence-corrected chi connectivity index (χ2v) is 7.94. The first-order valence-corrected chi connectivity index (χ1v) is 8.65. The fourth-order valence-electron chi connectivity index (χ4n) is 1.89. The van der Waals surface area contributed by atoms with E-state index in [2.05, 4.69) is 10.9 Å². The molecule has 1 heterocycles. The molecule has 1 fully saturated rings. The molecule has 1 amide bonds. The van der Waals surface area contributed by atoms with E-state index in [0.29, 0.717) is 17.1 Å². The summed E-state index contributed by atoms with van der Waals surface area (Å²) < 4.78 is 22.6. The van der Waals surface area contributed by atoms with E-state index in [1.54, 1.807) is 0 Å². The Morgan fingerprint density at radius 3 is 2.30 bits per heavy atom. The Kier molecular flexibility index (Phi) is 4.69. The Hall–Kier alpha value is -0.690. The van der Waals surface area contributed by atoms with Gasteiger partial charge in [-0.15, -0.1) is 0 Å². The Morgan fingerprint density at radius 1 is 1.20 bits per heavy atom. The van der Waals surface area contributed by atoms with Crippen molar-refractivity contribution in [1.29, 1.82) is 0 Å². The number of hydrogen-bond donors (Lipinski definition) is 2. The van der Waals surface area contributed by atoms with Crippen LogP contribution in [0.3, 0.4) is 0 Å². The topological polar surface area (TPSA) is 75.3 Å². The van der Waals surface area contributed by atoms with E-state index in [1.165, 1.54) is 12.1 Å². The number of nitrogens with one attached hydrogen (secondary N) is 2. The molecule has 2 N–H and O–H groups in total. The maximum absolute atomic E-state index is 11.8. The number of sulfone groups is 1. The van der Waals surface area contributed by atoms with Crippen molar-refractivity contribution in [3.8, 4) is 0 Å². The summed E-state index contributed by atoms with van der Waals surface area (Å²) >= 11 is 17.7. The summed E-state index contributed by atoms with van der Waals surface area (Å²) in [5.74, 6) is -1.07. The van der Waals surface area contributed by atoms with Crippen LogP contribution in [0.25, 0.3) is 0 Å². The third kappa shape index (κ3) is 3.69. The third-order valence-electron chi connectivity index (χ3n) is 2.92. The summed E-state index contributed by atoms with van der Waals surface area (Å²) in [5.41, 5.74) is 5.32. The largest absolute Gasteiger partial charge is 0.296 e. The second-order valence-electron chi connectivity index (χ2n) is 4.46. The first-order valence-electron chi connectivity index (χ1n) is 5.69. The molecule has 1 unspecified atom stereocenters. The maximum atomic E-state index is 11.8. The second kappa shape index (κ2) is 5.97. The van der Waals surface area contributed by atoms with Crippen LogP contribution in [0.5, 0.6) is 0 Å². The van der Waals surface area contributed by atoms with Gasteiger partial charge in [0.1, 0.15) is 0 Å². The highest BCUT2D eigenvalue weighted by atomic mass is 35.5. The zero-order valence-electron chi connectivity index (χ0n) is 10.1. The Bertz CT molecular complexity index is 625. The number of amides is 1. The summed E-state index contributed by atoms with van der Waals surface area (Å²) in [7, 11) is -3.10. The van der Waals surface area contributed by atoms with E-state index < -0.39 is 21.7 Å². The molecule has 1 aliphatic rings. The molecule has 1 aromatic rings. The predicted octanol–water partition coefficient (Wildman–Crippen LogP) is 2.52. The van der Waals surface area contributed by atoms with Crippen molar-refractivity contribution in [2.24, 2.45) is 5.92 Å². The van der Waals surface area contributed by atoms with Gasteiger partial charge in [0.15, 0.2) is 9.84 Å². The van der Waals surface area contributed by atoms with Crippen LogP contribution in [0, 0.1) is 5.92 Å². The lowest BCUT2D eigenvalue weighted by Gasteiger charge is -2.14. The van der Waals surface area contributed by atoms with Gasteiger partial charge in [0, 0.05) is 5.02 Å². The van der Waals surface area contributed by atoms with E-state index in [4.69, 9.17) is 34.8 Å². The van der Waals surface area contributed by atoms with Gasteiger partial charge in [-0.2, -0.15) is 0 Å². The average Bonchev–Trinajstić information content (AvgIpc) is 2.68. The maximum Gasteiger partial charge on any atom is 0.242 e. The van der Waals surface area contributed by atoms with E-state index in [-0.39, 0.29) is 21.6 Å². The fraction of sp³-hybridized carbons (Fsp3) is 0.364. The number of benzene rings is 1. The van der Waals surface area contributed by atoms with Gasteiger partial charge < -0.3 is 0 Å². The van der Waals surface area contributed by atoms with Crippen molar-refractivity contribution in [3.63, 3.8) is 0 Å². The molecule has 1 atom stereocenters. The predicted molar refractivity (Wildman–Crippen MR) is 80.0 cm³/mol. The van der Waals surface area contributed by atoms with Crippen LogP contribution < -0.4 is 10.9 Å². The van der Waals surface area contributed by atoms with Gasteiger partial charge in [0.05, 0.1) is 33.2 Å². The highest BCUT2D eigenvalue weighted by Crippen LogP contribution is 2.33. The van der Waals surface area contributed by atoms with Crippen molar-refractivity contribution >= 4 is 56.2 Å². The summed E-state index contributed by atoms with van der Waals surface area (Å²) in [5, 5.41) is 0.877. The Labute approximate surface area is 131 Å². The Balaban J connectivity index is 2.01. The van der Waals surface area contributed by atoms with Crippen molar-refractivity contribution in [2.75, 3.05) is 16.9 Å².